The molecular weight excluding hydrogens is 252 g/mol. The Hall–Kier alpha value is -0.490. The number of benzene rings is 1. The molecule has 0 spiro atoms. The van der Waals surface area contributed by atoms with Crippen molar-refractivity contribution in [2.45, 2.75) is 18.7 Å². The Bertz CT molecular complexity index is 352. The summed E-state index contributed by atoms with van der Waals surface area (Å²) in [6.45, 7) is 4.63. The third-order valence-corrected chi connectivity index (χ3v) is 4.53. The van der Waals surface area contributed by atoms with E-state index in [9.17, 15) is 4.79 Å². The van der Waals surface area contributed by atoms with Crippen LogP contribution in [0.4, 0.5) is 0 Å². The summed E-state index contributed by atoms with van der Waals surface area (Å²) in [6.07, 6.45) is 0. The van der Waals surface area contributed by atoms with Gasteiger partial charge in [-0.15, -0.1) is 0 Å². The molecule has 94 valence electrons. The minimum absolute atomic E-state index is 0.0542. The molecule has 1 aromatic rings. The van der Waals surface area contributed by atoms with Crippen molar-refractivity contribution < 1.29 is 4.79 Å². The number of ketones is 1. The van der Waals surface area contributed by atoms with Gasteiger partial charge in [-0.05, 0) is 12.1 Å². The minimum Gasteiger partial charge on any atom is -0.294 e. The normalized spacial score (nSPS) is 10.8. The highest BCUT2D eigenvalue weighted by Gasteiger charge is 2.09. The Balaban J connectivity index is 2.47. The number of carbonyl (C=O) groups is 1. The Morgan fingerprint density at radius 1 is 1.35 bits per heavy atom. The number of carbonyl (C=O) groups excluding carboxylic acids is 1. The van der Waals surface area contributed by atoms with E-state index in [1.54, 1.807) is 21.6 Å². The average Bonchev–Trinajstić information content (AvgIpc) is 2.34. The first-order chi connectivity index (χ1) is 8.15. The molecule has 1 aromatic carbocycles. The predicted octanol–water partition coefficient (Wildman–Crippen LogP) is 2.73. The predicted molar refractivity (Wildman–Crippen MR) is 76.1 cm³/mol. The fourth-order valence-electron chi connectivity index (χ4n) is 1.22. The molecule has 5 heteroatoms. The Labute approximate surface area is 110 Å². The molecule has 0 atom stereocenters. The largest absolute Gasteiger partial charge is 0.294 e. The SMILES string of the molecule is CC(C)C(=O)c1ccc(SSCCNN)cc1. The van der Waals surface area contributed by atoms with Gasteiger partial charge in [0.25, 0.3) is 0 Å². The van der Waals surface area contributed by atoms with Gasteiger partial charge in [-0.1, -0.05) is 47.6 Å². The summed E-state index contributed by atoms with van der Waals surface area (Å²) in [6, 6.07) is 7.77. The monoisotopic (exact) mass is 270 g/mol. The van der Waals surface area contributed by atoms with E-state index < -0.39 is 0 Å². The molecule has 0 amide bonds. The van der Waals surface area contributed by atoms with Crippen molar-refractivity contribution in [1.82, 2.24) is 5.43 Å². The summed E-state index contributed by atoms with van der Waals surface area (Å²) in [7, 11) is 3.44. The molecule has 0 unspecified atom stereocenters. The first-order valence-electron chi connectivity index (χ1n) is 5.52. The lowest BCUT2D eigenvalue weighted by atomic mass is 10.0. The highest BCUT2D eigenvalue weighted by Crippen LogP contribution is 2.30. The highest BCUT2D eigenvalue weighted by molar-refractivity contribution is 8.76. The molecule has 0 radical (unpaired) electrons. The van der Waals surface area contributed by atoms with Gasteiger partial charge in [0.2, 0.25) is 0 Å². The number of rotatable bonds is 7. The zero-order valence-electron chi connectivity index (χ0n) is 10.1. The van der Waals surface area contributed by atoms with E-state index in [1.165, 1.54) is 0 Å². The lowest BCUT2D eigenvalue weighted by molar-refractivity contribution is 0.0939. The molecule has 17 heavy (non-hydrogen) atoms. The molecule has 0 fully saturated rings. The zero-order valence-corrected chi connectivity index (χ0v) is 11.7. The van der Waals surface area contributed by atoms with Crippen molar-refractivity contribution in [3.8, 4) is 0 Å². The van der Waals surface area contributed by atoms with Crippen LogP contribution in [0.3, 0.4) is 0 Å². The summed E-state index contributed by atoms with van der Waals surface area (Å²) in [5.74, 6) is 6.38. The van der Waals surface area contributed by atoms with Crippen molar-refractivity contribution in [1.29, 1.82) is 0 Å². The van der Waals surface area contributed by atoms with Crippen LogP contribution in [-0.4, -0.2) is 18.1 Å². The summed E-state index contributed by atoms with van der Waals surface area (Å²) in [5, 5.41) is 0. The molecule has 0 aliphatic heterocycles. The fourth-order valence-corrected chi connectivity index (χ4v) is 3.13. The molecule has 0 aliphatic carbocycles. The van der Waals surface area contributed by atoms with Crippen molar-refractivity contribution in [3.63, 3.8) is 0 Å². The van der Waals surface area contributed by atoms with Gasteiger partial charge in [0, 0.05) is 28.7 Å². The van der Waals surface area contributed by atoms with E-state index in [0.29, 0.717) is 0 Å². The number of nitrogens with one attached hydrogen (secondary N) is 1. The topological polar surface area (TPSA) is 55.1 Å². The summed E-state index contributed by atoms with van der Waals surface area (Å²) >= 11 is 0. The third-order valence-electron chi connectivity index (χ3n) is 2.15. The average molecular weight is 270 g/mol. The van der Waals surface area contributed by atoms with Gasteiger partial charge in [-0.3, -0.25) is 16.1 Å². The number of hydrazine groups is 1. The second-order valence-electron chi connectivity index (χ2n) is 3.90. The van der Waals surface area contributed by atoms with E-state index in [4.69, 9.17) is 5.84 Å². The van der Waals surface area contributed by atoms with Gasteiger partial charge in [-0.2, -0.15) is 0 Å². The Kier molecular flexibility index (Phi) is 6.65. The van der Waals surface area contributed by atoms with E-state index in [1.807, 2.05) is 38.1 Å². The van der Waals surface area contributed by atoms with Crippen LogP contribution < -0.4 is 11.3 Å². The van der Waals surface area contributed by atoms with Gasteiger partial charge < -0.3 is 0 Å². The summed E-state index contributed by atoms with van der Waals surface area (Å²) < 4.78 is 0. The van der Waals surface area contributed by atoms with E-state index in [2.05, 4.69) is 5.43 Å². The van der Waals surface area contributed by atoms with Crippen LogP contribution in [0.15, 0.2) is 29.2 Å². The summed E-state index contributed by atoms with van der Waals surface area (Å²) in [5.41, 5.74) is 3.40. The van der Waals surface area contributed by atoms with E-state index in [-0.39, 0.29) is 11.7 Å². The van der Waals surface area contributed by atoms with Crippen molar-refractivity contribution in [2.75, 3.05) is 12.3 Å². The molecule has 3 nitrogen and oxygen atoms in total. The van der Waals surface area contributed by atoms with Gasteiger partial charge in [0.05, 0.1) is 0 Å². The molecule has 0 heterocycles. The van der Waals surface area contributed by atoms with Gasteiger partial charge >= 0.3 is 0 Å². The van der Waals surface area contributed by atoms with Crippen molar-refractivity contribution >= 4 is 27.4 Å². The third kappa shape index (κ3) is 5.12. The minimum atomic E-state index is 0.0542. The first kappa shape index (κ1) is 14.6. The van der Waals surface area contributed by atoms with E-state index >= 15 is 0 Å². The second-order valence-corrected chi connectivity index (χ2v) is 6.39. The number of hydrogen-bond donors (Lipinski definition) is 2. The van der Waals surface area contributed by atoms with Gasteiger partial charge in [-0.25, -0.2) is 0 Å². The van der Waals surface area contributed by atoms with Gasteiger partial charge in [0.1, 0.15) is 0 Å². The molecular formula is C12H18N2OS2. The molecule has 3 N–H and O–H groups in total. The maximum atomic E-state index is 11.7. The standard InChI is InChI=1S/C12H18N2OS2/c1-9(2)12(15)10-3-5-11(6-4-10)17-16-8-7-14-13/h3-6,9,14H,7-8,13H2,1-2H3. The Morgan fingerprint density at radius 2 is 2.00 bits per heavy atom. The van der Waals surface area contributed by atoms with Gasteiger partial charge in [0.15, 0.2) is 5.78 Å². The van der Waals surface area contributed by atoms with Crippen LogP contribution in [0.2, 0.25) is 0 Å². The van der Waals surface area contributed by atoms with E-state index in [0.717, 1.165) is 22.8 Å². The van der Waals surface area contributed by atoms with Crippen LogP contribution in [0.5, 0.6) is 0 Å². The fraction of sp³-hybridized carbons (Fsp3) is 0.417. The van der Waals surface area contributed by atoms with Crippen molar-refractivity contribution in [2.24, 2.45) is 11.8 Å². The summed E-state index contributed by atoms with van der Waals surface area (Å²) in [4.78, 5) is 12.9. The van der Waals surface area contributed by atoms with Crippen LogP contribution >= 0.6 is 21.6 Å². The number of Topliss-reactive ketones (excluding diaryl/α,β-unsaturated/α-hetero) is 1. The van der Waals surface area contributed by atoms with Crippen LogP contribution in [0, 0.1) is 5.92 Å². The molecule has 0 saturated heterocycles. The Morgan fingerprint density at radius 3 is 2.53 bits per heavy atom. The number of hydrogen-bond acceptors (Lipinski definition) is 5. The van der Waals surface area contributed by atoms with Crippen LogP contribution in [0.1, 0.15) is 24.2 Å². The van der Waals surface area contributed by atoms with Crippen LogP contribution in [-0.2, 0) is 0 Å². The lowest BCUT2D eigenvalue weighted by Gasteiger charge is -2.05. The van der Waals surface area contributed by atoms with Crippen molar-refractivity contribution in [3.05, 3.63) is 29.8 Å². The molecule has 0 aromatic heterocycles. The quantitative estimate of drug-likeness (QED) is 0.262. The second kappa shape index (κ2) is 7.76. The molecule has 0 aliphatic rings. The van der Waals surface area contributed by atoms with Crippen LogP contribution in [0.25, 0.3) is 0 Å². The first-order valence-corrected chi connectivity index (χ1v) is 7.84. The maximum absolute atomic E-state index is 11.7. The molecule has 0 bridgehead atoms. The molecule has 1 rings (SSSR count). The smallest absolute Gasteiger partial charge is 0.165 e. The zero-order chi connectivity index (χ0) is 12.7. The maximum Gasteiger partial charge on any atom is 0.165 e. The number of nitrogens with two attached hydrogens (primary N) is 1. The lowest BCUT2D eigenvalue weighted by Crippen LogP contribution is -2.24. The highest BCUT2D eigenvalue weighted by atomic mass is 33.1. The molecule has 0 saturated carbocycles.